The molecule has 0 aliphatic heterocycles. The average molecular weight is 456 g/mol. The molecule has 3 rings (SSSR count). The monoisotopic (exact) mass is 455 g/mol. The minimum atomic E-state index is -0.349. The molecule has 28 heavy (non-hydrogen) atoms. The number of thiocarbonyl (C=S) groups is 1. The van der Waals surface area contributed by atoms with E-state index in [-0.39, 0.29) is 11.0 Å². The van der Waals surface area contributed by atoms with Crippen LogP contribution in [-0.2, 0) is 0 Å². The molecule has 0 aromatic heterocycles. The van der Waals surface area contributed by atoms with E-state index in [1.807, 2.05) is 54.6 Å². The summed E-state index contributed by atoms with van der Waals surface area (Å²) in [6.45, 7) is 0. The summed E-state index contributed by atoms with van der Waals surface area (Å²) >= 11 is 8.61. The Morgan fingerprint density at radius 2 is 1.57 bits per heavy atom. The fourth-order valence-corrected chi connectivity index (χ4v) is 3.09. The Kier molecular flexibility index (Phi) is 6.62. The van der Waals surface area contributed by atoms with Gasteiger partial charge in [-0.2, -0.15) is 0 Å². The summed E-state index contributed by atoms with van der Waals surface area (Å²) in [5.41, 5.74) is 3.12. The molecular formula is C21H18BrN3O2S. The van der Waals surface area contributed by atoms with Crippen molar-refractivity contribution in [3.63, 3.8) is 0 Å². The SMILES string of the molecule is COc1ccc(Br)cc1C(=O)NC(=S)Nc1ccc(Nc2ccccc2)cc1. The smallest absolute Gasteiger partial charge is 0.261 e. The molecule has 0 spiro atoms. The van der Waals surface area contributed by atoms with E-state index >= 15 is 0 Å². The van der Waals surface area contributed by atoms with Gasteiger partial charge in [0.1, 0.15) is 5.75 Å². The van der Waals surface area contributed by atoms with Gasteiger partial charge in [-0.25, -0.2) is 0 Å². The first-order chi connectivity index (χ1) is 13.5. The van der Waals surface area contributed by atoms with Crippen LogP contribution in [0.1, 0.15) is 10.4 Å². The summed E-state index contributed by atoms with van der Waals surface area (Å²) in [4.78, 5) is 12.5. The van der Waals surface area contributed by atoms with Crippen LogP contribution in [-0.4, -0.2) is 18.1 Å². The first-order valence-corrected chi connectivity index (χ1v) is 9.63. The quantitative estimate of drug-likeness (QED) is 0.453. The van der Waals surface area contributed by atoms with Crippen LogP contribution >= 0.6 is 28.1 Å². The maximum Gasteiger partial charge on any atom is 0.261 e. The van der Waals surface area contributed by atoms with Crippen LogP contribution in [0.15, 0.2) is 77.3 Å². The van der Waals surface area contributed by atoms with Gasteiger partial charge in [-0.15, -0.1) is 0 Å². The molecule has 0 saturated heterocycles. The molecule has 1 amide bonds. The lowest BCUT2D eigenvalue weighted by Gasteiger charge is -2.12. The lowest BCUT2D eigenvalue weighted by atomic mass is 10.2. The van der Waals surface area contributed by atoms with Gasteiger partial charge >= 0.3 is 0 Å². The second-order valence-corrected chi connectivity index (χ2v) is 7.15. The molecule has 142 valence electrons. The van der Waals surface area contributed by atoms with Crippen molar-refractivity contribution in [3.05, 3.63) is 82.8 Å². The minimum Gasteiger partial charge on any atom is -0.496 e. The summed E-state index contributed by atoms with van der Waals surface area (Å²) in [5.74, 6) is 0.123. The maximum absolute atomic E-state index is 12.5. The van der Waals surface area contributed by atoms with Crippen molar-refractivity contribution in [2.24, 2.45) is 0 Å². The number of hydrogen-bond donors (Lipinski definition) is 3. The van der Waals surface area contributed by atoms with Crippen LogP contribution in [0.2, 0.25) is 0 Å². The number of rotatable bonds is 5. The van der Waals surface area contributed by atoms with Crippen molar-refractivity contribution in [1.82, 2.24) is 5.32 Å². The number of anilines is 3. The molecule has 3 aromatic rings. The number of carbonyl (C=O) groups excluding carboxylic acids is 1. The van der Waals surface area contributed by atoms with E-state index in [4.69, 9.17) is 17.0 Å². The average Bonchev–Trinajstić information content (AvgIpc) is 2.70. The molecule has 7 heteroatoms. The topological polar surface area (TPSA) is 62.4 Å². The second-order valence-electron chi connectivity index (χ2n) is 5.82. The molecule has 0 heterocycles. The minimum absolute atomic E-state index is 0.204. The predicted molar refractivity (Wildman–Crippen MR) is 121 cm³/mol. The van der Waals surface area contributed by atoms with Crippen LogP contribution in [0.4, 0.5) is 17.1 Å². The van der Waals surface area contributed by atoms with Gasteiger partial charge in [0, 0.05) is 21.5 Å². The van der Waals surface area contributed by atoms with Crippen LogP contribution in [0.3, 0.4) is 0 Å². The molecule has 5 nitrogen and oxygen atoms in total. The molecular weight excluding hydrogens is 438 g/mol. The number of carbonyl (C=O) groups is 1. The third-order valence-electron chi connectivity index (χ3n) is 3.84. The van der Waals surface area contributed by atoms with E-state index in [1.54, 1.807) is 18.2 Å². The fraction of sp³-hybridized carbons (Fsp3) is 0.0476. The van der Waals surface area contributed by atoms with Crippen LogP contribution in [0.5, 0.6) is 5.75 Å². The highest BCUT2D eigenvalue weighted by atomic mass is 79.9. The molecule has 0 unspecified atom stereocenters. The van der Waals surface area contributed by atoms with Crippen molar-refractivity contribution >= 4 is 56.2 Å². The van der Waals surface area contributed by atoms with Gasteiger partial charge in [0.2, 0.25) is 0 Å². The second kappa shape index (κ2) is 9.34. The van der Waals surface area contributed by atoms with E-state index in [1.165, 1.54) is 7.11 Å². The van der Waals surface area contributed by atoms with E-state index < -0.39 is 0 Å². The highest BCUT2D eigenvalue weighted by Crippen LogP contribution is 2.23. The Bertz CT molecular complexity index is 979. The fourth-order valence-electron chi connectivity index (χ4n) is 2.52. The number of methoxy groups -OCH3 is 1. The molecule has 0 bridgehead atoms. The van der Waals surface area contributed by atoms with Crippen molar-refractivity contribution in [2.45, 2.75) is 0 Å². The van der Waals surface area contributed by atoms with Crippen molar-refractivity contribution in [1.29, 1.82) is 0 Å². The van der Waals surface area contributed by atoms with Gasteiger partial charge in [-0.3, -0.25) is 10.1 Å². The molecule has 0 atom stereocenters. The Balaban J connectivity index is 1.60. The Labute approximate surface area is 177 Å². The number of halogens is 1. The molecule has 3 N–H and O–H groups in total. The van der Waals surface area contributed by atoms with Gasteiger partial charge < -0.3 is 15.4 Å². The first kappa shape index (κ1) is 19.9. The number of ether oxygens (including phenoxy) is 1. The zero-order valence-corrected chi connectivity index (χ0v) is 17.4. The number of benzene rings is 3. The lowest BCUT2D eigenvalue weighted by molar-refractivity contribution is 0.0974. The van der Waals surface area contributed by atoms with Gasteiger partial charge in [-0.1, -0.05) is 34.1 Å². The standard InChI is InChI=1S/C21H18BrN3O2S/c1-27-19-12-7-14(22)13-18(19)20(26)25-21(28)24-17-10-8-16(9-11-17)23-15-5-3-2-4-6-15/h2-13,23H,1H3,(H2,24,25,26,28). The van der Waals surface area contributed by atoms with Gasteiger partial charge in [-0.05, 0) is 66.8 Å². The van der Waals surface area contributed by atoms with E-state index in [0.29, 0.717) is 11.3 Å². The number of hydrogen-bond acceptors (Lipinski definition) is 4. The summed E-state index contributed by atoms with van der Waals surface area (Å²) in [6, 6.07) is 22.7. The zero-order chi connectivity index (χ0) is 19.9. The van der Waals surface area contributed by atoms with Crippen molar-refractivity contribution in [3.8, 4) is 5.75 Å². The van der Waals surface area contributed by atoms with Crippen LogP contribution < -0.4 is 20.7 Å². The van der Waals surface area contributed by atoms with Gasteiger partial charge in [0.25, 0.3) is 5.91 Å². The van der Waals surface area contributed by atoms with E-state index in [2.05, 4.69) is 31.9 Å². The first-order valence-electron chi connectivity index (χ1n) is 8.43. The van der Waals surface area contributed by atoms with Crippen LogP contribution in [0.25, 0.3) is 0 Å². The Morgan fingerprint density at radius 1 is 0.929 bits per heavy atom. The van der Waals surface area contributed by atoms with Crippen LogP contribution in [0, 0.1) is 0 Å². The zero-order valence-electron chi connectivity index (χ0n) is 15.0. The third kappa shape index (κ3) is 5.31. The molecule has 0 fully saturated rings. The number of para-hydroxylation sites is 1. The Hall–Kier alpha value is -2.90. The molecule has 0 radical (unpaired) electrons. The number of nitrogens with one attached hydrogen (secondary N) is 3. The van der Waals surface area contributed by atoms with E-state index in [9.17, 15) is 4.79 Å². The largest absolute Gasteiger partial charge is 0.496 e. The summed E-state index contributed by atoms with van der Waals surface area (Å²) < 4.78 is 6.01. The van der Waals surface area contributed by atoms with Crippen molar-refractivity contribution < 1.29 is 9.53 Å². The summed E-state index contributed by atoms with van der Waals surface area (Å²) in [5, 5.41) is 9.18. The molecule has 3 aromatic carbocycles. The normalized spacial score (nSPS) is 10.1. The highest BCUT2D eigenvalue weighted by Gasteiger charge is 2.14. The number of amides is 1. The highest BCUT2D eigenvalue weighted by molar-refractivity contribution is 9.10. The molecule has 0 aliphatic carbocycles. The predicted octanol–water partition coefficient (Wildman–Crippen LogP) is 5.33. The van der Waals surface area contributed by atoms with Gasteiger partial charge in [0.05, 0.1) is 12.7 Å². The Morgan fingerprint density at radius 3 is 2.25 bits per heavy atom. The molecule has 0 aliphatic rings. The lowest BCUT2D eigenvalue weighted by Crippen LogP contribution is -2.34. The third-order valence-corrected chi connectivity index (χ3v) is 4.54. The summed E-state index contributed by atoms with van der Waals surface area (Å²) in [6.07, 6.45) is 0. The van der Waals surface area contributed by atoms with Gasteiger partial charge in [0.15, 0.2) is 5.11 Å². The van der Waals surface area contributed by atoms with Crippen molar-refractivity contribution in [2.75, 3.05) is 17.7 Å². The summed E-state index contributed by atoms with van der Waals surface area (Å²) in [7, 11) is 1.52. The van der Waals surface area contributed by atoms with E-state index in [0.717, 1.165) is 21.5 Å². The molecule has 0 saturated carbocycles. The maximum atomic E-state index is 12.5.